The summed E-state index contributed by atoms with van der Waals surface area (Å²) >= 11 is 0. The van der Waals surface area contributed by atoms with Gasteiger partial charge in [-0.2, -0.15) is 4.99 Å². The molecule has 0 aliphatic rings. The highest BCUT2D eigenvalue weighted by molar-refractivity contribution is 6.04. The molecule has 0 aliphatic heterocycles. The first-order valence-corrected chi connectivity index (χ1v) is 5.32. The fourth-order valence-corrected chi connectivity index (χ4v) is 1.22. The Labute approximate surface area is 95.4 Å². The molecule has 0 saturated heterocycles. The highest BCUT2D eigenvalue weighted by Crippen LogP contribution is 2.04. The fraction of sp³-hybridized carbons (Fsp3) is 0.417. The van der Waals surface area contributed by atoms with Crippen LogP contribution in [0.25, 0.3) is 0 Å². The summed E-state index contributed by atoms with van der Waals surface area (Å²) in [5.41, 5.74) is 1.55. The zero-order valence-corrected chi connectivity index (χ0v) is 9.80. The molecular formula is C12H16N2O2. The Morgan fingerprint density at radius 1 is 1.56 bits per heavy atom. The zero-order chi connectivity index (χ0) is 12.0. The van der Waals surface area contributed by atoms with Crippen molar-refractivity contribution in [1.29, 1.82) is 0 Å². The van der Waals surface area contributed by atoms with Crippen LogP contribution in [0.4, 0.5) is 4.79 Å². The minimum atomic E-state index is -0.546. The summed E-state index contributed by atoms with van der Waals surface area (Å²) in [5, 5.41) is 0. The molecule has 16 heavy (non-hydrogen) atoms. The van der Waals surface area contributed by atoms with Crippen molar-refractivity contribution in [3.05, 3.63) is 30.1 Å². The van der Waals surface area contributed by atoms with E-state index in [4.69, 9.17) is 4.74 Å². The zero-order valence-electron chi connectivity index (χ0n) is 9.80. The van der Waals surface area contributed by atoms with Crippen LogP contribution >= 0.6 is 0 Å². The quantitative estimate of drug-likeness (QED) is 0.736. The molecule has 1 amide bonds. The summed E-state index contributed by atoms with van der Waals surface area (Å²) in [6.45, 7) is 5.53. The fourth-order valence-electron chi connectivity index (χ4n) is 1.22. The van der Waals surface area contributed by atoms with Gasteiger partial charge in [0.15, 0.2) is 0 Å². The Kier molecular flexibility index (Phi) is 4.64. The van der Waals surface area contributed by atoms with Gasteiger partial charge in [0, 0.05) is 18.0 Å². The van der Waals surface area contributed by atoms with Gasteiger partial charge in [0.2, 0.25) is 0 Å². The Balaban J connectivity index is 2.82. The molecule has 1 rings (SSSR count). The SMILES string of the molecule is CC/C(=N/C(=O)OC(C)C)c1cccnc1. The second-order valence-electron chi connectivity index (χ2n) is 3.59. The van der Waals surface area contributed by atoms with Crippen LogP contribution in [0.5, 0.6) is 0 Å². The molecule has 1 aromatic heterocycles. The van der Waals surface area contributed by atoms with E-state index in [1.165, 1.54) is 0 Å². The standard InChI is InChI=1S/C12H16N2O2/c1-4-11(10-6-5-7-13-8-10)14-12(15)16-9(2)3/h5-9H,4H2,1-3H3/b14-11-. The first kappa shape index (κ1) is 12.4. The molecule has 0 atom stereocenters. The molecule has 4 nitrogen and oxygen atoms in total. The number of hydrogen-bond donors (Lipinski definition) is 0. The lowest BCUT2D eigenvalue weighted by Gasteiger charge is -2.06. The maximum absolute atomic E-state index is 11.4. The number of hydrogen-bond acceptors (Lipinski definition) is 3. The summed E-state index contributed by atoms with van der Waals surface area (Å²) in [6.07, 6.45) is 3.34. The number of ether oxygens (including phenoxy) is 1. The topological polar surface area (TPSA) is 51.5 Å². The summed E-state index contributed by atoms with van der Waals surface area (Å²) < 4.78 is 4.96. The van der Waals surface area contributed by atoms with Gasteiger partial charge < -0.3 is 4.74 Å². The van der Waals surface area contributed by atoms with Crippen LogP contribution < -0.4 is 0 Å². The smallest absolute Gasteiger partial charge is 0.434 e. The van der Waals surface area contributed by atoms with Crippen molar-refractivity contribution in [2.24, 2.45) is 4.99 Å². The van der Waals surface area contributed by atoms with Gasteiger partial charge in [-0.1, -0.05) is 13.0 Å². The van der Waals surface area contributed by atoms with E-state index >= 15 is 0 Å². The Hall–Kier alpha value is -1.71. The molecule has 0 aliphatic carbocycles. The molecule has 1 heterocycles. The minimum absolute atomic E-state index is 0.150. The van der Waals surface area contributed by atoms with Gasteiger partial charge in [-0.05, 0) is 26.3 Å². The van der Waals surface area contributed by atoms with Crippen LogP contribution in [0.15, 0.2) is 29.5 Å². The van der Waals surface area contributed by atoms with Gasteiger partial charge in [-0.25, -0.2) is 4.79 Å². The molecule has 0 N–H and O–H groups in total. The lowest BCUT2D eigenvalue weighted by Crippen LogP contribution is -2.11. The molecule has 0 aromatic carbocycles. The number of amides is 1. The molecule has 0 bridgehead atoms. The van der Waals surface area contributed by atoms with Gasteiger partial charge in [0.1, 0.15) is 0 Å². The summed E-state index contributed by atoms with van der Waals surface area (Å²) in [4.78, 5) is 19.3. The average Bonchev–Trinajstić information content (AvgIpc) is 2.26. The van der Waals surface area contributed by atoms with E-state index in [0.29, 0.717) is 12.1 Å². The lowest BCUT2D eigenvalue weighted by molar-refractivity contribution is 0.126. The number of carbonyl (C=O) groups excluding carboxylic acids is 1. The number of aromatic nitrogens is 1. The van der Waals surface area contributed by atoms with Crippen LogP contribution in [0, 0.1) is 0 Å². The predicted octanol–water partition coefficient (Wildman–Crippen LogP) is 2.83. The highest BCUT2D eigenvalue weighted by atomic mass is 16.6. The summed E-state index contributed by atoms with van der Waals surface area (Å²) in [7, 11) is 0. The number of aliphatic imine (C=N–C) groups is 1. The maximum Gasteiger partial charge on any atom is 0.434 e. The Morgan fingerprint density at radius 3 is 2.81 bits per heavy atom. The van der Waals surface area contributed by atoms with Crippen molar-refractivity contribution in [1.82, 2.24) is 4.98 Å². The molecule has 0 fully saturated rings. The summed E-state index contributed by atoms with van der Waals surface area (Å²) in [6, 6.07) is 3.69. The molecule has 0 saturated carbocycles. The van der Waals surface area contributed by atoms with Gasteiger partial charge in [0.05, 0.1) is 11.8 Å². The van der Waals surface area contributed by atoms with Crippen LogP contribution in [0.2, 0.25) is 0 Å². The molecule has 86 valence electrons. The first-order valence-electron chi connectivity index (χ1n) is 5.32. The predicted molar refractivity (Wildman–Crippen MR) is 62.7 cm³/mol. The van der Waals surface area contributed by atoms with E-state index in [1.807, 2.05) is 19.1 Å². The monoisotopic (exact) mass is 220 g/mol. The number of carbonyl (C=O) groups is 1. The second kappa shape index (κ2) is 6.00. The van der Waals surface area contributed by atoms with Crippen molar-refractivity contribution >= 4 is 11.8 Å². The number of rotatable bonds is 3. The second-order valence-corrected chi connectivity index (χ2v) is 3.59. The normalized spacial score (nSPS) is 11.6. The highest BCUT2D eigenvalue weighted by Gasteiger charge is 2.07. The third-order valence-corrected chi connectivity index (χ3v) is 1.89. The number of pyridine rings is 1. The Bertz CT molecular complexity index is 372. The van der Waals surface area contributed by atoms with Gasteiger partial charge in [-0.3, -0.25) is 4.98 Å². The molecular weight excluding hydrogens is 204 g/mol. The van der Waals surface area contributed by atoms with Crippen molar-refractivity contribution in [2.45, 2.75) is 33.3 Å². The van der Waals surface area contributed by atoms with Gasteiger partial charge >= 0.3 is 6.09 Å². The first-order chi connectivity index (χ1) is 7.63. The van der Waals surface area contributed by atoms with Gasteiger partial charge in [0.25, 0.3) is 0 Å². The molecule has 0 unspecified atom stereocenters. The van der Waals surface area contributed by atoms with Crippen molar-refractivity contribution in [3.8, 4) is 0 Å². The van der Waals surface area contributed by atoms with Crippen molar-refractivity contribution < 1.29 is 9.53 Å². The van der Waals surface area contributed by atoms with Crippen molar-refractivity contribution in [2.75, 3.05) is 0 Å². The van der Waals surface area contributed by atoms with E-state index in [9.17, 15) is 4.79 Å². The molecule has 4 heteroatoms. The minimum Gasteiger partial charge on any atom is -0.445 e. The maximum atomic E-state index is 11.4. The molecule has 1 aromatic rings. The van der Waals surface area contributed by atoms with E-state index in [0.717, 1.165) is 5.56 Å². The average molecular weight is 220 g/mol. The summed E-state index contributed by atoms with van der Waals surface area (Å²) in [5.74, 6) is 0. The van der Waals surface area contributed by atoms with Crippen LogP contribution in [-0.2, 0) is 4.74 Å². The largest absolute Gasteiger partial charge is 0.445 e. The molecule has 0 radical (unpaired) electrons. The third kappa shape index (κ3) is 3.81. The Morgan fingerprint density at radius 2 is 2.31 bits per heavy atom. The third-order valence-electron chi connectivity index (χ3n) is 1.89. The van der Waals surface area contributed by atoms with E-state index < -0.39 is 6.09 Å². The van der Waals surface area contributed by atoms with Crippen molar-refractivity contribution in [3.63, 3.8) is 0 Å². The van der Waals surface area contributed by atoms with E-state index in [2.05, 4.69) is 9.98 Å². The van der Waals surface area contributed by atoms with E-state index in [-0.39, 0.29) is 6.10 Å². The van der Waals surface area contributed by atoms with Crippen LogP contribution in [-0.4, -0.2) is 22.9 Å². The van der Waals surface area contributed by atoms with Crippen LogP contribution in [0.1, 0.15) is 32.8 Å². The molecule has 0 spiro atoms. The lowest BCUT2D eigenvalue weighted by atomic mass is 10.1. The van der Waals surface area contributed by atoms with E-state index in [1.54, 1.807) is 26.2 Å². The number of nitrogens with zero attached hydrogens (tertiary/aromatic N) is 2. The van der Waals surface area contributed by atoms with Gasteiger partial charge in [-0.15, -0.1) is 0 Å². The van der Waals surface area contributed by atoms with Crippen LogP contribution in [0.3, 0.4) is 0 Å².